The van der Waals surface area contributed by atoms with E-state index in [0.29, 0.717) is 42.8 Å². The van der Waals surface area contributed by atoms with Gasteiger partial charge in [-0.25, -0.2) is 14.6 Å². The van der Waals surface area contributed by atoms with Crippen LogP contribution in [0, 0.1) is 31.6 Å². The van der Waals surface area contributed by atoms with Crippen LogP contribution in [-0.4, -0.2) is 60.1 Å². The van der Waals surface area contributed by atoms with Crippen LogP contribution in [0.5, 0.6) is 0 Å². The van der Waals surface area contributed by atoms with Crippen LogP contribution in [0.1, 0.15) is 60.2 Å². The lowest BCUT2D eigenvalue weighted by molar-refractivity contribution is 0.0298. The molecule has 4 rings (SSSR count). The summed E-state index contributed by atoms with van der Waals surface area (Å²) in [4.78, 5) is 23.4. The molecule has 2 fully saturated rings. The van der Waals surface area contributed by atoms with Crippen molar-refractivity contribution in [2.45, 2.75) is 59.1 Å². The van der Waals surface area contributed by atoms with Gasteiger partial charge >= 0.3 is 0 Å². The van der Waals surface area contributed by atoms with E-state index in [9.17, 15) is 9.90 Å². The zero-order valence-electron chi connectivity index (χ0n) is 17.6. The molecule has 0 unspecified atom stereocenters. The third kappa shape index (κ3) is 3.90. The minimum atomic E-state index is -0.469. The van der Waals surface area contributed by atoms with Crippen LogP contribution < -0.4 is 0 Å². The first-order valence-electron chi connectivity index (χ1n) is 10.5. The summed E-state index contributed by atoms with van der Waals surface area (Å²) in [6, 6.07) is -0.0803. The molecule has 1 saturated carbocycles. The summed E-state index contributed by atoms with van der Waals surface area (Å²) < 4.78 is 1.84. The van der Waals surface area contributed by atoms with E-state index in [4.69, 9.17) is 0 Å². The van der Waals surface area contributed by atoms with Gasteiger partial charge in [-0.3, -0.25) is 4.79 Å². The average molecular weight is 399 g/mol. The molecule has 1 N–H and O–H groups in total. The van der Waals surface area contributed by atoms with E-state index >= 15 is 0 Å². The van der Waals surface area contributed by atoms with Crippen molar-refractivity contribution in [2.24, 2.45) is 17.8 Å². The Morgan fingerprint density at radius 2 is 1.83 bits per heavy atom. The number of aryl methyl sites for hydroxylation is 2. The summed E-state index contributed by atoms with van der Waals surface area (Å²) in [5.41, 5.74) is 3.01. The number of likely N-dealkylation sites (tertiary alicyclic amines) is 1. The quantitative estimate of drug-likeness (QED) is 0.846. The summed E-state index contributed by atoms with van der Waals surface area (Å²) in [5.74, 6) is 1.19. The average Bonchev–Trinajstić information content (AvgIpc) is 3.26. The van der Waals surface area contributed by atoms with Crippen LogP contribution in [0.25, 0.3) is 0 Å². The molecule has 1 aliphatic carbocycles. The number of fused-ring (bicyclic) bond motifs is 1. The van der Waals surface area contributed by atoms with Gasteiger partial charge in [0.1, 0.15) is 6.33 Å². The molecule has 1 amide bonds. The number of amides is 1. The maximum Gasteiger partial charge on any atom is 0.257 e. The highest BCUT2D eigenvalue weighted by atomic mass is 16.3. The standard InChI is InChI=1S/C21H30N6O2/c1-12(2)5-17-10-27(25-24-17)18-6-15-8-26(9-16(15)7-19(18)28)21(29)20-13(3)22-11-23-14(20)4/h10-12,15-16,18-19,28H,5-9H2,1-4H3/t15-,16+,18-,19-/m1/s1. The molecule has 0 radical (unpaired) electrons. The number of hydrogen-bond acceptors (Lipinski definition) is 6. The lowest BCUT2D eigenvalue weighted by Gasteiger charge is -2.34. The highest BCUT2D eigenvalue weighted by Crippen LogP contribution is 2.41. The predicted octanol–water partition coefficient (Wildman–Crippen LogP) is 1.97. The maximum atomic E-state index is 13.1. The number of aromatic nitrogens is 5. The molecule has 8 heteroatoms. The van der Waals surface area contributed by atoms with E-state index in [1.165, 1.54) is 6.33 Å². The summed E-state index contributed by atoms with van der Waals surface area (Å²) in [7, 11) is 0. The summed E-state index contributed by atoms with van der Waals surface area (Å²) in [6.45, 7) is 9.40. The summed E-state index contributed by atoms with van der Waals surface area (Å²) in [6.07, 6.45) is 5.38. The molecule has 0 spiro atoms. The molecular formula is C21H30N6O2. The van der Waals surface area contributed by atoms with Crippen molar-refractivity contribution in [1.82, 2.24) is 29.9 Å². The summed E-state index contributed by atoms with van der Waals surface area (Å²) in [5, 5.41) is 19.3. The Balaban J connectivity index is 1.48. The molecule has 29 heavy (non-hydrogen) atoms. The van der Waals surface area contributed by atoms with Gasteiger partial charge in [0.05, 0.1) is 34.8 Å². The molecule has 2 aromatic heterocycles. The Kier molecular flexibility index (Phi) is 5.38. The Labute approximate surface area is 171 Å². The molecule has 1 saturated heterocycles. The molecule has 156 valence electrons. The van der Waals surface area contributed by atoms with Crippen molar-refractivity contribution in [1.29, 1.82) is 0 Å². The fourth-order valence-electron chi connectivity index (χ4n) is 4.91. The Morgan fingerprint density at radius 3 is 2.48 bits per heavy atom. The minimum absolute atomic E-state index is 0.000940. The van der Waals surface area contributed by atoms with E-state index in [0.717, 1.165) is 29.9 Å². The number of hydrogen-bond donors (Lipinski definition) is 1. The normalized spacial score (nSPS) is 26.8. The Bertz CT molecular complexity index is 875. The van der Waals surface area contributed by atoms with Gasteiger partial charge in [-0.2, -0.15) is 0 Å². The largest absolute Gasteiger partial charge is 0.391 e. The lowest BCUT2D eigenvalue weighted by atomic mass is 9.77. The van der Waals surface area contributed by atoms with Crippen molar-refractivity contribution in [3.8, 4) is 0 Å². The Morgan fingerprint density at radius 1 is 1.17 bits per heavy atom. The van der Waals surface area contributed by atoms with Gasteiger partial charge in [-0.15, -0.1) is 5.10 Å². The number of rotatable bonds is 4. The molecule has 1 aliphatic heterocycles. The van der Waals surface area contributed by atoms with Crippen LogP contribution in [0.15, 0.2) is 12.5 Å². The predicted molar refractivity (Wildman–Crippen MR) is 107 cm³/mol. The number of nitrogens with zero attached hydrogens (tertiary/aromatic N) is 6. The first-order chi connectivity index (χ1) is 13.8. The van der Waals surface area contributed by atoms with E-state index in [-0.39, 0.29) is 11.9 Å². The van der Waals surface area contributed by atoms with Gasteiger partial charge in [0.2, 0.25) is 0 Å². The molecule has 0 aromatic carbocycles. The first-order valence-corrected chi connectivity index (χ1v) is 10.5. The monoisotopic (exact) mass is 398 g/mol. The topological polar surface area (TPSA) is 97.0 Å². The lowest BCUT2D eigenvalue weighted by Crippen LogP contribution is -2.36. The first kappa shape index (κ1) is 19.9. The second-order valence-electron chi connectivity index (χ2n) is 9.04. The van der Waals surface area contributed by atoms with E-state index < -0.39 is 6.10 Å². The highest BCUT2D eigenvalue weighted by molar-refractivity contribution is 5.96. The van der Waals surface area contributed by atoms with Crippen molar-refractivity contribution >= 4 is 5.91 Å². The molecule has 0 bridgehead atoms. The second-order valence-corrected chi connectivity index (χ2v) is 9.04. The second kappa shape index (κ2) is 7.82. The molecule has 2 aliphatic rings. The maximum absolute atomic E-state index is 13.1. The number of carbonyl (C=O) groups is 1. The number of aliphatic hydroxyl groups is 1. The Hall–Kier alpha value is -2.35. The minimum Gasteiger partial charge on any atom is -0.391 e. The van der Waals surface area contributed by atoms with E-state index in [1.54, 1.807) is 0 Å². The van der Waals surface area contributed by atoms with Crippen molar-refractivity contribution in [3.63, 3.8) is 0 Å². The van der Waals surface area contributed by atoms with Crippen molar-refractivity contribution < 1.29 is 9.90 Å². The van der Waals surface area contributed by atoms with Gasteiger partial charge < -0.3 is 10.0 Å². The van der Waals surface area contributed by atoms with Gasteiger partial charge in [0.25, 0.3) is 5.91 Å². The van der Waals surface area contributed by atoms with Gasteiger partial charge in [-0.1, -0.05) is 19.1 Å². The molecule has 4 atom stereocenters. The fraction of sp³-hybridized carbons (Fsp3) is 0.667. The highest BCUT2D eigenvalue weighted by Gasteiger charge is 2.44. The molecular weight excluding hydrogens is 368 g/mol. The third-order valence-electron chi connectivity index (χ3n) is 6.35. The van der Waals surface area contributed by atoms with Gasteiger partial charge in [0.15, 0.2) is 0 Å². The van der Waals surface area contributed by atoms with Crippen molar-refractivity contribution in [2.75, 3.05) is 13.1 Å². The van der Waals surface area contributed by atoms with Crippen LogP contribution in [-0.2, 0) is 6.42 Å². The molecule has 3 heterocycles. The molecule has 8 nitrogen and oxygen atoms in total. The van der Waals surface area contributed by atoms with Crippen LogP contribution in [0.2, 0.25) is 0 Å². The zero-order valence-corrected chi connectivity index (χ0v) is 17.6. The van der Waals surface area contributed by atoms with Crippen LogP contribution >= 0.6 is 0 Å². The fourth-order valence-corrected chi connectivity index (χ4v) is 4.91. The van der Waals surface area contributed by atoms with Gasteiger partial charge in [-0.05, 0) is 50.9 Å². The van der Waals surface area contributed by atoms with Crippen LogP contribution in [0.3, 0.4) is 0 Å². The number of aliphatic hydroxyl groups excluding tert-OH is 1. The van der Waals surface area contributed by atoms with Crippen LogP contribution in [0.4, 0.5) is 0 Å². The third-order valence-corrected chi connectivity index (χ3v) is 6.35. The molecule has 2 aromatic rings. The van der Waals surface area contributed by atoms with E-state index in [1.807, 2.05) is 29.6 Å². The van der Waals surface area contributed by atoms with E-state index in [2.05, 4.69) is 34.1 Å². The smallest absolute Gasteiger partial charge is 0.257 e. The zero-order chi connectivity index (χ0) is 20.7. The number of carbonyl (C=O) groups excluding carboxylic acids is 1. The van der Waals surface area contributed by atoms with Gasteiger partial charge in [0, 0.05) is 19.3 Å². The van der Waals surface area contributed by atoms with Crippen molar-refractivity contribution in [3.05, 3.63) is 35.2 Å². The summed E-state index contributed by atoms with van der Waals surface area (Å²) >= 11 is 0. The SMILES string of the molecule is Cc1ncnc(C)c1C(=O)N1C[C@H]2C[C@@H](n3cc(CC(C)C)nn3)[C@H](O)C[C@H]2C1.